The van der Waals surface area contributed by atoms with Crippen LogP contribution in [0.5, 0.6) is 0 Å². The van der Waals surface area contributed by atoms with E-state index in [9.17, 15) is 13.6 Å². The van der Waals surface area contributed by atoms with E-state index in [1.165, 1.54) is 6.07 Å². The molecule has 5 nitrogen and oxygen atoms in total. The van der Waals surface area contributed by atoms with Crippen molar-refractivity contribution in [1.82, 2.24) is 14.5 Å². The van der Waals surface area contributed by atoms with Crippen LogP contribution in [0.4, 0.5) is 14.7 Å². The van der Waals surface area contributed by atoms with Gasteiger partial charge in [0.05, 0.1) is 11.0 Å². The third-order valence-electron chi connectivity index (χ3n) is 4.25. The lowest BCUT2D eigenvalue weighted by Gasteiger charge is -2.10. The fraction of sp³-hybridized carbons (Fsp3) is 0.150. The largest absolute Gasteiger partial charge is 0.310 e. The number of nitrogens with zero attached hydrogens (tertiary/aromatic N) is 3. The number of fused-ring (bicyclic) bond motifs is 1. The minimum atomic E-state index is -2.58. The summed E-state index contributed by atoms with van der Waals surface area (Å²) in [5, 5.41) is 4.43. The van der Waals surface area contributed by atoms with Crippen molar-refractivity contribution in [2.45, 2.75) is 23.6 Å². The average Bonchev–Trinajstić information content (AvgIpc) is 3.31. The molecule has 0 radical (unpaired) electrons. The number of amides is 1. The van der Waals surface area contributed by atoms with Gasteiger partial charge in [0.15, 0.2) is 0 Å². The number of carbonyl (C=O) groups is 1. The number of alkyl halides is 2. The quantitative estimate of drug-likeness (QED) is 0.404. The monoisotopic (exact) mass is 430 g/mol. The van der Waals surface area contributed by atoms with Gasteiger partial charge in [-0.3, -0.25) is 15.1 Å². The average molecular weight is 431 g/mol. The third kappa shape index (κ3) is 4.46. The zero-order valence-corrected chi connectivity index (χ0v) is 16.7. The van der Waals surface area contributed by atoms with Crippen molar-refractivity contribution in [2.75, 3.05) is 5.32 Å². The Bertz CT molecular complexity index is 1130. The molecule has 9 heteroatoms. The van der Waals surface area contributed by atoms with E-state index in [1.54, 1.807) is 11.6 Å². The Balaban J connectivity index is 1.61. The number of anilines is 1. The molecule has 0 aliphatic rings. The molecule has 1 aromatic carbocycles. The smallest absolute Gasteiger partial charge is 0.288 e. The molecule has 148 valence electrons. The molecular weight excluding hydrogens is 414 g/mol. The van der Waals surface area contributed by atoms with E-state index < -0.39 is 11.7 Å². The van der Waals surface area contributed by atoms with E-state index >= 15 is 0 Å². The molecule has 3 heterocycles. The second-order valence-corrected chi connectivity index (χ2v) is 8.04. The highest BCUT2D eigenvalue weighted by molar-refractivity contribution is 7.99. The topological polar surface area (TPSA) is 59.8 Å². The Hall–Kier alpha value is -2.78. The highest BCUT2D eigenvalue weighted by Gasteiger charge is 2.20. The number of hydrogen-bond donors (Lipinski definition) is 1. The maximum absolute atomic E-state index is 12.8. The van der Waals surface area contributed by atoms with Crippen LogP contribution in [0.3, 0.4) is 0 Å². The van der Waals surface area contributed by atoms with E-state index in [0.29, 0.717) is 30.7 Å². The van der Waals surface area contributed by atoms with E-state index in [1.807, 2.05) is 47.0 Å². The van der Waals surface area contributed by atoms with E-state index in [2.05, 4.69) is 15.3 Å². The standard InChI is InChI=1S/C20H16F2N4OS2/c21-19(22)29-16-9-12-28-17(16)18(27)25-20-24-14-6-1-2-7-15(14)26(20)11-8-13-5-3-4-10-23-13/h1-7,9-10,12,19H,8,11H2,(H,24,25,27). The van der Waals surface area contributed by atoms with Crippen LogP contribution >= 0.6 is 23.1 Å². The molecule has 0 fully saturated rings. The van der Waals surface area contributed by atoms with E-state index in [-0.39, 0.29) is 9.77 Å². The van der Waals surface area contributed by atoms with Crippen LogP contribution in [-0.2, 0) is 13.0 Å². The first-order valence-electron chi connectivity index (χ1n) is 8.80. The number of imidazole rings is 1. The van der Waals surface area contributed by atoms with Crippen LogP contribution in [0, 0.1) is 0 Å². The highest BCUT2D eigenvalue weighted by Crippen LogP contribution is 2.32. The number of para-hydroxylation sites is 2. The number of rotatable bonds is 7. The zero-order chi connectivity index (χ0) is 20.2. The summed E-state index contributed by atoms with van der Waals surface area (Å²) in [7, 11) is 0. The van der Waals surface area contributed by atoms with Crippen LogP contribution in [0.1, 0.15) is 15.4 Å². The molecule has 0 aliphatic heterocycles. The lowest BCUT2D eigenvalue weighted by atomic mass is 10.2. The van der Waals surface area contributed by atoms with Crippen molar-refractivity contribution in [1.29, 1.82) is 0 Å². The van der Waals surface area contributed by atoms with Crippen LogP contribution in [0.25, 0.3) is 11.0 Å². The Labute approximate surface area is 173 Å². The van der Waals surface area contributed by atoms with Crippen LogP contribution in [-0.4, -0.2) is 26.2 Å². The first-order chi connectivity index (χ1) is 14.1. The van der Waals surface area contributed by atoms with Crippen molar-refractivity contribution in [2.24, 2.45) is 0 Å². The third-order valence-corrected chi connectivity index (χ3v) is 6.06. The van der Waals surface area contributed by atoms with Crippen molar-refractivity contribution in [3.8, 4) is 0 Å². The molecule has 0 unspecified atom stereocenters. The van der Waals surface area contributed by atoms with Crippen molar-refractivity contribution >= 4 is 46.0 Å². The van der Waals surface area contributed by atoms with E-state index in [0.717, 1.165) is 28.1 Å². The number of halogens is 2. The molecule has 29 heavy (non-hydrogen) atoms. The van der Waals surface area contributed by atoms with Gasteiger partial charge in [-0.05, 0) is 35.7 Å². The number of hydrogen-bond acceptors (Lipinski definition) is 5. The number of thiophene rings is 1. The summed E-state index contributed by atoms with van der Waals surface area (Å²) in [6.45, 7) is 0.566. The first-order valence-corrected chi connectivity index (χ1v) is 10.6. The highest BCUT2D eigenvalue weighted by atomic mass is 32.2. The van der Waals surface area contributed by atoms with Gasteiger partial charge in [0, 0.05) is 29.8 Å². The Morgan fingerprint density at radius 1 is 1.17 bits per heavy atom. The number of aryl methyl sites for hydroxylation is 2. The minimum absolute atomic E-state index is 0.249. The fourth-order valence-electron chi connectivity index (χ4n) is 2.98. The van der Waals surface area contributed by atoms with Crippen LogP contribution in [0.2, 0.25) is 0 Å². The summed E-state index contributed by atoms with van der Waals surface area (Å²) < 4.78 is 27.4. The fourth-order valence-corrected chi connectivity index (χ4v) is 4.58. The van der Waals surface area contributed by atoms with Gasteiger partial charge in [-0.15, -0.1) is 11.3 Å². The molecule has 1 amide bonds. The molecule has 0 aliphatic carbocycles. The van der Waals surface area contributed by atoms with Gasteiger partial charge in [-0.25, -0.2) is 4.98 Å². The zero-order valence-electron chi connectivity index (χ0n) is 15.1. The summed E-state index contributed by atoms with van der Waals surface area (Å²) in [4.78, 5) is 22.1. The second kappa shape index (κ2) is 8.71. The Kier molecular flexibility index (Phi) is 5.86. The predicted octanol–water partition coefficient (Wildman–Crippen LogP) is 5.30. The van der Waals surface area contributed by atoms with Gasteiger partial charge in [0.1, 0.15) is 4.88 Å². The Morgan fingerprint density at radius 3 is 2.79 bits per heavy atom. The van der Waals surface area contributed by atoms with Gasteiger partial charge in [0.25, 0.3) is 11.7 Å². The first kappa shape index (κ1) is 19.5. The van der Waals surface area contributed by atoms with Crippen LogP contribution < -0.4 is 5.32 Å². The lowest BCUT2D eigenvalue weighted by molar-refractivity contribution is 0.102. The summed E-state index contributed by atoms with van der Waals surface area (Å²) in [6, 6.07) is 14.8. The summed E-state index contributed by atoms with van der Waals surface area (Å²) in [5.74, 6) is -2.65. The SMILES string of the molecule is O=C(Nc1nc2ccccc2n1CCc1ccccn1)c1sccc1SC(F)F. The summed E-state index contributed by atoms with van der Waals surface area (Å²) in [5.41, 5.74) is 2.56. The molecule has 0 spiro atoms. The van der Waals surface area contributed by atoms with Gasteiger partial charge < -0.3 is 4.57 Å². The molecule has 0 saturated carbocycles. The van der Waals surface area contributed by atoms with E-state index in [4.69, 9.17) is 0 Å². The van der Waals surface area contributed by atoms with Crippen molar-refractivity contribution in [3.63, 3.8) is 0 Å². The summed E-state index contributed by atoms with van der Waals surface area (Å²) in [6.07, 6.45) is 2.40. The molecule has 1 N–H and O–H groups in total. The number of nitrogens with one attached hydrogen (secondary N) is 1. The molecule has 0 bridgehead atoms. The van der Waals surface area contributed by atoms with Crippen molar-refractivity contribution < 1.29 is 13.6 Å². The minimum Gasteiger partial charge on any atom is -0.310 e. The van der Waals surface area contributed by atoms with Gasteiger partial charge in [0.2, 0.25) is 5.95 Å². The molecule has 3 aromatic heterocycles. The Morgan fingerprint density at radius 2 is 2.00 bits per heavy atom. The number of carbonyl (C=O) groups excluding carboxylic acids is 1. The number of pyridine rings is 1. The van der Waals surface area contributed by atoms with Gasteiger partial charge in [-0.2, -0.15) is 8.78 Å². The maximum atomic E-state index is 12.8. The molecule has 0 atom stereocenters. The maximum Gasteiger partial charge on any atom is 0.288 e. The molecule has 0 saturated heterocycles. The summed E-state index contributed by atoms with van der Waals surface area (Å²) >= 11 is 1.50. The molecule has 4 rings (SSSR count). The molecule has 4 aromatic rings. The second-order valence-electron chi connectivity index (χ2n) is 6.09. The number of benzene rings is 1. The van der Waals surface area contributed by atoms with Gasteiger partial charge >= 0.3 is 0 Å². The lowest BCUT2D eigenvalue weighted by Crippen LogP contribution is -2.16. The van der Waals surface area contributed by atoms with Crippen molar-refractivity contribution in [3.05, 3.63) is 70.7 Å². The van der Waals surface area contributed by atoms with Crippen LogP contribution in [0.15, 0.2) is 65.0 Å². The molecular formula is C20H16F2N4OS2. The van der Waals surface area contributed by atoms with Gasteiger partial charge in [-0.1, -0.05) is 30.0 Å². The normalized spacial score (nSPS) is 11.3. The number of thioether (sulfide) groups is 1. The predicted molar refractivity (Wildman–Crippen MR) is 112 cm³/mol. The number of aromatic nitrogens is 3.